The van der Waals surface area contributed by atoms with Crippen molar-refractivity contribution in [3.63, 3.8) is 0 Å². The average Bonchev–Trinajstić information content (AvgIpc) is 2.85. The molecule has 2 rings (SSSR count). The molecule has 0 spiro atoms. The van der Waals surface area contributed by atoms with E-state index in [4.69, 9.17) is 10.5 Å². The van der Waals surface area contributed by atoms with E-state index in [-0.39, 0.29) is 23.8 Å². The van der Waals surface area contributed by atoms with Gasteiger partial charge in [0.2, 0.25) is 0 Å². The van der Waals surface area contributed by atoms with Crippen molar-refractivity contribution < 1.29 is 15.0 Å². The molecule has 0 aliphatic carbocycles. The van der Waals surface area contributed by atoms with Crippen molar-refractivity contribution in [3.05, 3.63) is 59.2 Å². The van der Waals surface area contributed by atoms with Crippen LogP contribution in [0.15, 0.2) is 47.6 Å². The molecule has 0 atom stereocenters. The number of rotatable bonds is 10. The number of nitrogens with zero attached hydrogens (tertiary/aromatic N) is 1. The van der Waals surface area contributed by atoms with E-state index in [9.17, 15) is 9.90 Å². The number of phenols is 1. The molecule has 0 saturated carbocycles. The second-order valence-electron chi connectivity index (χ2n) is 6.82. The molecule has 0 bridgehead atoms. The number of unbranched alkanes of at least 4 members (excludes halogenated alkanes) is 1. The Kier molecular flexibility index (Phi) is 16.2. The third kappa shape index (κ3) is 10.4. The number of aliphatic hydroxyl groups is 1. The zero-order valence-electron chi connectivity index (χ0n) is 21.3. The third-order valence-electron chi connectivity index (χ3n) is 4.43. The first kappa shape index (κ1) is 30.6. The molecule has 186 valence electrons. The van der Waals surface area contributed by atoms with Crippen LogP contribution < -0.4 is 10.7 Å². The van der Waals surface area contributed by atoms with E-state index in [0.29, 0.717) is 30.6 Å². The summed E-state index contributed by atoms with van der Waals surface area (Å²) in [7, 11) is 0. The van der Waals surface area contributed by atoms with Gasteiger partial charge in [-0.3, -0.25) is 10.2 Å². The number of aliphatic hydroxyl groups excluding tert-OH is 1. The molecule has 0 aromatic heterocycles. The van der Waals surface area contributed by atoms with E-state index >= 15 is 0 Å². The number of hydrogen-bond donors (Lipinski definition) is 5. The minimum absolute atomic E-state index is 0.00255. The highest BCUT2D eigenvalue weighted by Crippen LogP contribution is 2.29. The molecular weight excluding hydrogens is 428 g/mol. The van der Waals surface area contributed by atoms with Crippen molar-refractivity contribution in [3.8, 4) is 5.75 Å². The van der Waals surface area contributed by atoms with E-state index in [0.717, 1.165) is 11.1 Å². The standard InChI is InChI=1S/C23H28N4O3.2C2H6/c1-16-8-3-4-9-18(16)12-13-19-10-7-11-20(22(19)29)26-27-21(17(2)24)23(30)25-14-5-6-15-28;2*1-2/h3-4,7-13,24,26,28-29H,5-6,14-15H2,1-2H3,(H,25,30);2*1-2H3/b13-12+,24-17?,27-21-;;. The highest BCUT2D eigenvalue weighted by molar-refractivity contribution is 6.66. The summed E-state index contributed by atoms with van der Waals surface area (Å²) in [6, 6.07) is 13.1. The molecule has 7 nitrogen and oxygen atoms in total. The number of hydrogen-bond acceptors (Lipinski definition) is 6. The monoisotopic (exact) mass is 468 g/mol. The fraction of sp³-hybridized carbons (Fsp3) is 0.370. The van der Waals surface area contributed by atoms with Gasteiger partial charge in [-0.15, -0.1) is 0 Å². The Bertz CT molecular complexity index is 953. The van der Waals surface area contributed by atoms with Crippen LogP contribution in [-0.4, -0.2) is 40.7 Å². The van der Waals surface area contributed by atoms with Gasteiger partial charge in [0.1, 0.15) is 5.75 Å². The van der Waals surface area contributed by atoms with E-state index in [1.165, 1.54) is 6.92 Å². The van der Waals surface area contributed by atoms with Gasteiger partial charge in [0.05, 0.1) is 11.4 Å². The van der Waals surface area contributed by atoms with Crippen molar-refractivity contribution in [2.75, 3.05) is 18.6 Å². The van der Waals surface area contributed by atoms with Gasteiger partial charge in [-0.05, 0) is 43.9 Å². The van der Waals surface area contributed by atoms with Crippen LogP contribution in [0.25, 0.3) is 12.2 Å². The normalized spacial score (nSPS) is 10.5. The van der Waals surface area contributed by atoms with Crippen LogP contribution in [0.1, 0.15) is 64.2 Å². The lowest BCUT2D eigenvalue weighted by Crippen LogP contribution is -2.36. The summed E-state index contributed by atoms with van der Waals surface area (Å²) in [5.41, 5.74) is 5.72. The molecule has 7 heteroatoms. The van der Waals surface area contributed by atoms with Gasteiger partial charge in [0.25, 0.3) is 5.91 Å². The quantitative estimate of drug-likeness (QED) is 0.102. The van der Waals surface area contributed by atoms with Crippen LogP contribution in [0.5, 0.6) is 5.75 Å². The molecule has 0 saturated heterocycles. The Morgan fingerprint density at radius 1 is 1.00 bits per heavy atom. The largest absolute Gasteiger partial charge is 0.505 e. The lowest BCUT2D eigenvalue weighted by atomic mass is 10.1. The maximum absolute atomic E-state index is 12.3. The molecule has 1 amide bonds. The van der Waals surface area contributed by atoms with Gasteiger partial charge in [0, 0.05) is 18.7 Å². The van der Waals surface area contributed by atoms with E-state index in [1.54, 1.807) is 18.2 Å². The molecule has 0 fully saturated rings. The Balaban J connectivity index is 0.00000258. The predicted octanol–water partition coefficient (Wildman–Crippen LogP) is 5.62. The van der Waals surface area contributed by atoms with Crippen LogP contribution in [-0.2, 0) is 4.79 Å². The van der Waals surface area contributed by atoms with Crippen molar-refractivity contribution in [1.82, 2.24) is 5.32 Å². The summed E-state index contributed by atoms with van der Waals surface area (Å²) in [5, 5.41) is 33.8. The molecule has 0 heterocycles. The number of aromatic hydroxyl groups is 1. The summed E-state index contributed by atoms with van der Waals surface area (Å²) in [6.07, 6.45) is 4.95. The Morgan fingerprint density at radius 2 is 1.62 bits per heavy atom. The smallest absolute Gasteiger partial charge is 0.273 e. The average molecular weight is 469 g/mol. The summed E-state index contributed by atoms with van der Waals surface area (Å²) >= 11 is 0. The van der Waals surface area contributed by atoms with Crippen LogP contribution >= 0.6 is 0 Å². The Morgan fingerprint density at radius 3 is 2.24 bits per heavy atom. The maximum Gasteiger partial charge on any atom is 0.273 e. The van der Waals surface area contributed by atoms with E-state index in [1.807, 2.05) is 71.0 Å². The first-order valence-corrected chi connectivity index (χ1v) is 11.8. The van der Waals surface area contributed by atoms with Crippen LogP contribution in [0, 0.1) is 12.3 Å². The number of para-hydroxylation sites is 1. The van der Waals surface area contributed by atoms with Crippen molar-refractivity contribution in [1.29, 1.82) is 5.41 Å². The number of hydrazone groups is 1. The predicted molar refractivity (Wildman–Crippen MR) is 145 cm³/mol. The fourth-order valence-electron chi connectivity index (χ4n) is 2.68. The molecule has 0 unspecified atom stereocenters. The maximum atomic E-state index is 12.3. The molecule has 0 aliphatic rings. The van der Waals surface area contributed by atoms with Gasteiger partial charge in [0.15, 0.2) is 5.71 Å². The SMILES string of the molecule is CC.CC.CC(=N)/C(=N/Nc1cccc(/C=C/c2ccccc2C)c1O)C(=O)NCCCCO. The minimum atomic E-state index is -0.483. The van der Waals surface area contributed by atoms with Crippen LogP contribution in [0.4, 0.5) is 5.69 Å². The van der Waals surface area contributed by atoms with Crippen molar-refractivity contribution in [2.45, 2.75) is 54.4 Å². The van der Waals surface area contributed by atoms with Gasteiger partial charge in [-0.1, -0.05) is 76.2 Å². The lowest BCUT2D eigenvalue weighted by Gasteiger charge is -2.10. The Labute approximate surface area is 204 Å². The number of amides is 1. The molecular formula is C27H40N4O3. The number of phenolic OH excluding ortho intramolecular Hbond substituents is 1. The molecule has 2 aromatic carbocycles. The lowest BCUT2D eigenvalue weighted by molar-refractivity contribution is -0.114. The third-order valence-corrected chi connectivity index (χ3v) is 4.43. The van der Waals surface area contributed by atoms with Gasteiger partial charge in [-0.2, -0.15) is 5.10 Å². The van der Waals surface area contributed by atoms with Gasteiger partial charge < -0.3 is 20.9 Å². The summed E-state index contributed by atoms with van der Waals surface area (Å²) < 4.78 is 0. The van der Waals surface area contributed by atoms with E-state index < -0.39 is 5.91 Å². The zero-order chi connectivity index (χ0) is 25.9. The topological polar surface area (TPSA) is 118 Å². The highest BCUT2D eigenvalue weighted by atomic mass is 16.3. The molecule has 0 aliphatic heterocycles. The fourth-order valence-corrected chi connectivity index (χ4v) is 2.68. The molecule has 34 heavy (non-hydrogen) atoms. The Hall–Kier alpha value is -3.45. The molecule has 2 aromatic rings. The van der Waals surface area contributed by atoms with Crippen molar-refractivity contribution in [2.24, 2.45) is 5.10 Å². The number of benzene rings is 2. The van der Waals surface area contributed by atoms with Crippen molar-refractivity contribution >= 4 is 35.2 Å². The number of carbonyl (C=O) groups is 1. The first-order chi connectivity index (χ1) is 16.4. The minimum Gasteiger partial charge on any atom is -0.505 e. The zero-order valence-corrected chi connectivity index (χ0v) is 21.3. The summed E-state index contributed by atoms with van der Waals surface area (Å²) in [4.78, 5) is 12.3. The second-order valence-corrected chi connectivity index (χ2v) is 6.82. The number of aryl methyl sites for hydroxylation is 1. The number of anilines is 1. The molecule has 0 radical (unpaired) electrons. The van der Waals surface area contributed by atoms with Gasteiger partial charge in [-0.25, -0.2) is 0 Å². The van der Waals surface area contributed by atoms with Crippen LogP contribution in [0.3, 0.4) is 0 Å². The number of nitrogens with one attached hydrogen (secondary N) is 3. The van der Waals surface area contributed by atoms with Crippen LogP contribution in [0.2, 0.25) is 0 Å². The molecule has 5 N–H and O–H groups in total. The first-order valence-electron chi connectivity index (χ1n) is 11.8. The second kappa shape index (κ2) is 18.0. The number of carbonyl (C=O) groups excluding carboxylic acids is 1. The summed E-state index contributed by atoms with van der Waals surface area (Å²) in [6.45, 7) is 11.9. The highest BCUT2D eigenvalue weighted by Gasteiger charge is 2.14. The van der Waals surface area contributed by atoms with E-state index in [2.05, 4.69) is 15.8 Å². The van der Waals surface area contributed by atoms with Gasteiger partial charge >= 0.3 is 0 Å². The summed E-state index contributed by atoms with van der Waals surface area (Å²) in [5.74, 6) is -0.487.